The van der Waals surface area contributed by atoms with Gasteiger partial charge in [0.25, 0.3) is 0 Å². The molecule has 4 N–H and O–H groups in total. The van der Waals surface area contributed by atoms with Gasteiger partial charge < -0.3 is 15.9 Å². The summed E-state index contributed by atoms with van der Waals surface area (Å²) in [5, 5.41) is 16.0. The van der Waals surface area contributed by atoms with E-state index < -0.39 is 5.97 Å². The van der Waals surface area contributed by atoms with Crippen LogP contribution in [0.2, 0.25) is 0 Å². The van der Waals surface area contributed by atoms with Crippen molar-refractivity contribution in [2.24, 2.45) is 5.73 Å². The first-order valence-electron chi connectivity index (χ1n) is 4.19. The minimum atomic E-state index is -0.879. The fraction of sp³-hybridized carbons (Fsp3) is 0.300. The van der Waals surface area contributed by atoms with Gasteiger partial charge >= 0.3 is 5.97 Å². The molecule has 1 rings (SSSR count). The number of aliphatic hydroxyl groups is 1. The molecule has 0 unspecified atom stereocenters. The zero-order valence-electron chi connectivity index (χ0n) is 8.47. The zero-order valence-corrected chi connectivity index (χ0v) is 8.47. The Morgan fingerprint density at radius 3 is 1.86 bits per heavy atom. The first-order valence-corrected chi connectivity index (χ1v) is 4.19. The summed E-state index contributed by atoms with van der Waals surface area (Å²) in [7, 11) is 1.50. The van der Waals surface area contributed by atoms with E-state index in [1.165, 1.54) is 7.05 Å². The van der Waals surface area contributed by atoms with Crippen LogP contribution in [0.3, 0.4) is 0 Å². The van der Waals surface area contributed by atoms with E-state index in [4.69, 9.17) is 10.2 Å². The number of nitrogens with two attached hydrogens (primary N) is 1. The summed E-state index contributed by atoms with van der Waals surface area (Å²) in [5.74, 6) is -0.879. The molecule has 14 heavy (non-hydrogen) atoms. The molecule has 4 heteroatoms. The lowest BCUT2D eigenvalue weighted by atomic mass is 10.2. The molecule has 4 nitrogen and oxygen atoms in total. The van der Waals surface area contributed by atoms with Crippen LogP contribution >= 0.6 is 0 Å². The molecule has 0 saturated carbocycles. The van der Waals surface area contributed by atoms with Crippen LogP contribution in [0.4, 0.5) is 0 Å². The number of hydrogen-bond donors (Lipinski definition) is 3. The van der Waals surface area contributed by atoms with Crippen LogP contribution in [0.5, 0.6) is 0 Å². The maximum absolute atomic E-state index is 10.2. The normalized spacial score (nSPS) is 7.43. The average molecular weight is 199 g/mol. The largest absolute Gasteiger partial charge is 0.478 e. The van der Waals surface area contributed by atoms with Crippen LogP contribution in [-0.4, -0.2) is 29.8 Å². The van der Waals surface area contributed by atoms with Crippen molar-refractivity contribution in [3.05, 3.63) is 35.9 Å². The first-order chi connectivity index (χ1) is 6.72. The lowest BCUT2D eigenvalue weighted by Gasteiger charge is -1.88. The first kappa shape index (κ1) is 15.1. The smallest absolute Gasteiger partial charge is 0.335 e. The molecule has 0 aliphatic carbocycles. The molecule has 0 amide bonds. The number of aromatic carboxylic acids is 1. The van der Waals surface area contributed by atoms with Gasteiger partial charge in [-0.1, -0.05) is 18.2 Å². The molecular formula is C10H17NO3. The van der Waals surface area contributed by atoms with Gasteiger partial charge in [0.05, 0.1) is 5.56 Å². The maximum Gasteiger partial charge on any atom is 0.335 e. The van der Waals surface area contributed by atoms with Crippen LogP contribution in [0, 0.1) is 0 Å². The minimum Gasteiger partial charge on any atom is -0.478 e. The van der Waals surface area contributed by atoms with E-state index in [0.29, 0.717) is 5.56 Å². The predicted octanol–water partition coefficient (Wildman–Crippen LogP) is 0.958. The number of aliphatic hydroxyl groups excluding tert-OH is 1. The molecule has 0 saturated heterocycles. The van der Waals surface area contributed by atoms with Crippen molar-refractivity contribution in [2.45, 2.75) is 6.92 Å². The van der Waals surface area contributed by atoms with E-state index >= 15 is 0 Å². The third-order valence-electron chi connectivity index (χ3n) is 1.02. The predicted molar refractivity (Wildman–Crippen MR) is 56.3 cm³/mol. The van der Waals surface area contributed by atoms with E-state index in [0.717, 1.165) is 0 Å². The second-order valence-corrected chi connectivity index (χ2v) is 1.99. The Kier molecular flexibility index (Phi) is 12.5. The Balaban J connectivity index is 0. The second kappa shape index (κ2) is 11.6. The lowest BCUT2D eigenvalue weighted by Crippen LogP contribution is -1.93. The molecule has 0 radical (unpaired) electrons. The fourth-order valence-electron chi connectivity index (χ4n) is 0.581. The molecule has 0 fully saturated rings. The Bertz CT molecular complexity index is 224. The van der Waals surface area contributed by atoms with E-state index in [1.807, 2.05) is 0 Å². The number of carbonyl (C=O) groups is 1. The highest BCUT2D eigenvalue weighted by Gasteiger charge is 1.96. The molecule has 0 bridgehead atoms. The summed E-state index contributed by atoms with van der Waals surface area (Å²) in [5.41, 5.74) is 4.83. The summed E-state index contributed by atoms with van der Waals surface area (Å²) in [6, 6.07) is 8.30. The minimum absolute atomic E-state index is 0.250. The van der Waals surface area contributed by atoms with Crippen molar-refractivity contribution < 1.29 is 15.0 Å². The van der Waals surface area contributed by atoms with Gasteiger partial charge in [0.2, 0.25) is 0 Å². The van der Waals surface area contributed by atoms with Crippen LogP contribution < -0.4 is 5.73 Å². The summed E-state index contributed by atoms with van der Waals surface area (Å²) in [6.07, 6.45) is 0. The van der Waals surface area contributed by atoms with Gasteiger partial charge in [0.1, 0.15) is 0 Å². The summed E-state index contributed by atoms with van der Waals surface area (Å²) < 4.78 is 0. The van der Waals surface area contributed by atoms with Crippen LogP contribution in [-0.2, 0) is 0 Å². The van der Waals surface area contributed by atoms with Gasteiger partial charge in [-0.05, 0) is 26.1 Å². The van der Waals surface area contributed by atoms with Crippen LogP contribution in [0.15, 0.2) is 30.3 Å². The molecule has 0 atom stereocenters. The monoisotopic (exact) mass is 199 g/mol. The number of carboxylic acids is 1. The van der Waals surface area contributed by atoms with Crippen LogP contribution in [0.25, 0.3) is 0 Å². The van der Waals surface area contributed by atoms with Crippen molar-refractivity contribution in [1.29, 1.82) is 0 Å². The number of benzene rings is 1. The molecule has 0 spiro atoms. The highest BCUT2D eigenvalue weighted by molar-refractivity contribution is 5.87. The molecular weight excluding hydrogens is 182 g/mol. The van der Waals surface area contributed by atoms with E-state index in [9.17, 15) is 4.79 Å². The molecule has 1 aromatic carbocycles. The van der Waals surface area contributed by atoms with E-state index in [2.05, 4.69) is 5.73 Å². The molecule has 1 aromatic rings. The highest BCUT2D eigenvalue weighted by Crippen LogP contribution is 1.96. The van der Waals surface area contributed by atoms with Crippen LogP contribution in [0.1, 0.15) is 17.3 Å². The number of hydrogen-bond acceptors (Lipinski definition) is 3. The lowest BCUT2D eigenvalue weighted by molar-refractivity contribution is 0.0697. The highest BCUT2D eigenvalue weighted by atomic mass is 16.4. The molecule has 0 aromatic heterocycles. The van der Waals surface area contributed by atoms with Gasteiger partial charge in [-0.2, -0.15) is 0 Å². The summed E-state index contributed by atoms with van der Waals surface area (Å²) in [6.45, 7) is 1.93. The van der Waals surface area contributed by atoms with E-state index in [1.54, 1.807) is 37.3 Å². The topological polar surface area (TPSA) is 83.5 Å². The van der Waals surface area contributed by atoms with Gasteiger partial charge in [0.15, 0.2) is 0 Å². The van der Waals surface area contributed by atoms with Gasteiger partial charge in [-0.15, -0.1) is 0 Å². The van der Waals surface area contributed by atoms with Gasteiger partial charge in [0, 0.05) is 6.61 Å². The Morgan fingerprint density at radius 1 is 1.29 bits per heavy atom. The summed E-state index contributed by atoms with van der Waals surface area (Å²) >= 11 is 0. The Morgan fingerprint density at radius 2 is 1.64 bits per heavy atom. The third-order valence-corrected chi connectivity index (χ3v) is 1.02. The fourth-order valence-corrected chi connectivity index (χ4v) is 0.581. The quantitative estimate of drug-likeness (QED) is 0.629. The second-order valence-electron chi connectivity index (χ2n) is 1.99. The average Bonchev–Trinajstić information content (AvgIpc) is 2.23. The van der Waals surface area contributed by atoms with Gasteiger partial charge in [-0.25, -0.2) is 4.79 Å². The van der Waals surface area contributed by atoms with Crippen molar-refractivity contribution in [2.75, 3.05) is 13.7 Å². The standard InChI is InChI=1S/C7H6O2.C2H6O.CH5N/c8-7(9)6-4-2-1-3-5-6;1-2-3;1-2/h1-5H,(H,8,9);3H,2H2,1H3;2H2,1H3. The van der Waals surface area contributed by atoms with Crippen molar-refractivity contribution in [1.82, 2.24) is 0 Å². The van der Waals surface area contributed by atoms with Crippen molar-refractivity contribution >= 4 is 5.97 Å². The maximum atomic E-state index is 10.2. The molecule has 80 valence electrons. The van der Waals surface area contributed by atoms with E-state index in [-0.39, 0.29) is 6.61 Å². The number of carboxylic acid groups (broad SMARTS) is 1. The zero-order chi connectivity index (χ0) is 11.4. The van der Waals surface area contributed by atoms with Crippen molar-refractivity contribution in [3.63, 3.8) is 0 Å². The SMILES string of the molecule is CCO.CN.O=C(O)c1ccccc1. The van der Waals surface area contributed by atoms with Crippen molar-refractivity contribution in [3.8, 4) is 0 Å². The Labute approximate surface area is 84.0 Å². The van der Waals surface area contributed by atoms with Gasteiger partial charge in [-0.3, -0.25) is 0 Å². The number of rotatable bonds is 1. The molecule has 0 aliphatic rings. The summed E-state index contributed by atoms with van der Waals surface area (Å²) in [4.78, 5) is 10.2. The third kappa shape index (κ3) is 8.70. The molecule has 0 heterocycles. The molecule has 0 aliphatic heterocycles. The Hall–Kier alpha value is -1.39.